The van der Waals surface area contributed by atoms with Gasteiger partial charge in [0.05, 0.1) is 32.5 Å². The molecule has 46 heavy (non-hydrogen) atoms. The van der Waals surface area contributed by atoms with E-state index < -0.39 is 54.1 Å². The molecule has 3 amide bonds. The molecule has 1 aliphatic rings. The fourth-order valence-corrected chi connectivity index (χ4v) is 5.16. The van der Waals surface area contributed by atoms with Crippen molar-refractivity contribution in [2.45, 2.75) is 64.1 Å². The first-order valence-corrected chi connectivity index (χ1v) is 15.3. The number of Topliss-reactive ketones (excluding diaryl/α,β-unsaturated/α-hetero) is 1. The molecule has 0 spiro atoms. The number of methoxy groups -OCH3 is 1. The van der Waals surface area contributed by atoms with E-state index in [1.54, 1.807) is 6.92 Å². The number of anilines is 1. The summed E-state index contributed by atoms with van der Waals surface area (Å²) < 4.78 is 15.2. The Bertz CT molecular complexity index is 1380. The van der Waals surface area contributed by atoms with Crippen molar-refractivity contribution < 1.29 is 43.0 Å². The van der Waals surface area contributed by atoms with Crippen LogP contribution in [0.5, 0.6) is 0 Å². The van der Waals surface area contributed by atoms with Crippen molar-refractivity contribution in [3.05, 3.63) is 65.2 Å². The fraction of sp³-hybridized carbons (Fsp3) is 0.455. The predicted octanol–water partition coefficient (Wildman–Crippen LogP) is 2.07. The summed E-state index contributed by atoms with van der Waals surface area (Å²) in [7, 11) is 1.21. The molecule has 248 valence electrons. The van der Waals surface area contributed by atoms with Crippen molar-refractivity contribution in [1.82, 2.24) is 16.0 Å². The number of esters is 2. The Kier molecular flexibility index (Phi) is 14.2. The molecule has 0 aliphatic heterocycles. The number of amides is 3. The molecule has 5 N–H and O–H groups in total. The van der Waals surface area contributed by atoms with E-state index in [0.717, 1.165) is 37.7 Å². The number of hydrogen-bond donors (Lipinski definition) is 4. The summed E-state index contributed by atoms with van der Waals surface area (Å²) in [5, 5.41) is 7.55. The van der Waals surface area contributed by atoms with E-state index >= 15 is 0 Å². The first kappa shape index (κ1) is 35.7. The van der Waals surface area contributed by atoms with Gasteiger partial charge in [0.25, 0.3) is 11.8 Å². The Labute approximate surface area is 267 Å². The first-order chi connectivity index (χ1) is 22.1. The normalized spacial score (nSPS) is 14.3. The van der Waals surface area contributed by atoms with Crippen molar-refractivity contribution in [2.75, 3.05) is 32.6 Å². The highest BCUT2D eigenvalue weighted by Gasteiger charge is 2.32. The highest BCUT2D eigenvalue weighted by Crippen LogP contribution is 2.27. The molecule has 0 unspecified atom stereocenters. The molecule has 2 aromatic carbocycles. The SMILES string of the molecule is CCOC(=O)CNC(=O)C(=O)[C@H](COCc1ccccc1)NC(=O)[C@H](CC1CCCCC1)NC(=O)c1ccc(C(=O)OC)c(N)c1. The van der Waals surface area contributed by atoms with Crippen molar-refractivity contribution in [3.8, 4) is 0 Å². The van der Waals surface area contributed by atoms with Gasteiger partial charge in [-0.15, -0.1) is 0 Å². The maximum atomic E-state index is 13.7. The van der Waals surface area contributed by atoms with Crippen LogP contribution in [0.3, 0.4) is 0 Å². The molecule has 3 rings (SSSR count). The summed E-state index contributed by atoms with van der Waals surface area (Å²) >= 11 is 0. The second-order valence-corrected chi connectivity index (χ2v) is 11.0. The van der Waals surface area contributed by atoms with E-state index in [4.69, 9.17) is 19.9 Å². The van der Waals surface area contributed by atoms with Gasteiger partial charge in [0.2, 0.25) is 11.7 Å². The minimum Gasteiger partial charge on any atom is -0.465 e. The van der Waals surface area contributed by atoms with E-state index in [1.165, 1.54) is 25.3 Å². The number of ketones is 1. The molecule has 0 aromatic heterocycles. The number of ether oxygens (including phenoxy) is 3. The van der Waals surface area contributed by atoms with Crippen LogP contribution in [0.25, 0.3) is 0 Å². The van der Waals surface area contributed by atoms with E-state index in [1.807, 2.05) is 30.3 Å². The number of nitrogen functional groups attached to an aromatic ring is 1. The standard InChI is InChI=1S/C33H42N4O9/c1-3-46-28(38)18-35-32(42)29(39)27(20-45-19-22-12-8-5-9-13-22)37-31(41)26(16-21-10-6-4-7-11-21)36-30(40)23-14-15-24(25(34)17-23)33(43)44-2/h5,8-9,12-15,17,21,26-27H,3-4,6-7,10-11,16,18-20,34H2,1-2H3,(H,35,42)(H,36,40)(H,37,41)/t26-,27-/m0/s1. The number of nitrogens with one attached hydrogen (secondary N) is 3. The first-order valence-electron chi connectivity index (χ1n) is 15.3. The topological polar surface area (TPSA) is 192 Å². The van der Waals surface area contributed by atoms with Gasteiger partial charge in [-0.1, -0.05) is 62.4 Å². The lowest BCUT2D eigenvalue weighted by molar-refractivity contribution is -0.146. The van der Waals surface area contributed by atoms with Crippen LogP contribution in [-0.2, 0) is 40.0 Å². The molecule has 1 aliphatic carbocycles. The monoisotopic (exact) mass is 638 g/mol. The Morgan fingerprint density at radius 3 is 2.30 bits per heavy atom. The summed E-state index contributed by atoms with van der Waals surface area (Å²) in [6.07, 6.45) is 5.12. The van der Waals surface area contributed by atoms with Crippen molar-refractivity contribution >= 4 is 41.1 Å². The Morgan fingerprint density at radius 2 is 1.65 bits per heavy atom. The second-order valence-electron chi connectivity index (χ2n) is 11.0. The molecule has 0 heterocycles. The van der Waals surface area contributed by atoms with Gasteiger partial charge in [-0.25, -0.2) is 4.79 Å². The number of carbonyl (C=O) groups excluding carboxylic acids is 6. The van der Waals surface area contributed by atoms with Crippen LogP contribution < -0.4 is 21.7 Å². The maximum absolute atomic E-state index is 13.7. The Hall–Kier alpha value is -4.78. The smallest absolute Gasteiger partial charge is 0.339 e. The van der Waals surface area contributed by atoms with Gasteiger partial charge >= 0.3 is 11.9 Å². The van der Waals surface area contributed by atoms with Crippen LogP contribution in [-0.4, -0.2) is 74.4 Å². The molecule has 0 saturated heterocycles. The summed E-state index contributed by atoms with van der Waals surface area (Å²) in [6.45, 7) is 0.945. The minimum atomic E-state index is -1.42. The molecule has 2 aromatic rings. The summed E-state index contributed by atoms with van der Waals surface area (Å²) in [5.74, 6) is -4.66. The lowest BCUT2D eigenvalue weighted by Crippen LogP contribution is -2.56. The van der Waals surface area contributed by atoms with Gasteiger partial charge in [-0.3, -0.25) is 24.0 Å². The summed E-state index contributed by atoms with van der Waals surface area (Å²) in [5.41, 5.74) is 7.02. The van der Waals surface area contributed by atoms with Crippen molar-refractivity contribution in [3.63, 3.8) is 0 Å². The van der Waals surface area contributed by atoms with Crippen LogP contribution in [0.4, 0.5) is 5.69 Å². The molecule has 1 saturated carbocycles. The molecule has 0 bridgehead atoms. The van der Waals surface area contributed by atoms with E-state index in [9.17, 15) is 28.8 Å². The van der Waals surface area contributed by atoms with Crippen molar-refractivity contribution in [1.29, 1.82) is 0 Å². The van der Waals surface area contributed by atoms with Crippen LogP contribution in [0, 0.1) is 5.92 Å². The third kappa shape index (κ3) is 11.0. The number of hydrogen-bond acceptors (Lipinski definition) is 10. The number of carbonyl (C=O) groups is 6. The summed E-state index contributed by atoms with van der Waals surface area (Å²) in [6, 6.07) is 10.7. The zero-order valence-electron chi connectivity index (χ0n) is 26.2. The lowest BCUT2D eigenvalue weighted by atomic mass is 9.84. The number of rotatable bonds is 16. The zero-order valence-corrected chi connectivity index (χ0v) is 26.2. The predicted molar refractivity (Wildman–Crippen MR) is 167 cm³/mol. The maximum Gasteiger partial charge on any atom is 0.339 e. The van der Waals surface area contributed by atoms with E-state index in [0.29, 0.717) is 6.42 Å². The summed E-state index contributed by atoms with van der Waals surface area (Å²) in [4.78, 5) is 76.6. The van der Waals surface area contributed by atoms with Gasteiger partial charge in [0.1, 0.15) is 18.6 Å². The molecule has 2 atom stereocenters. The average molecular weight is 639 g/mol. The van der Waals surface area contributed by atoms with Gasteiger partial charge in [-0.2, -0.15) is 0 Å². The van der Waals surface area contributed by atoms with Crippen LogP contribution in [0.2, 0.25) is 0 Å². The fourth-order valence-electron chi connectivity index (χ4n) is 5.16. The van der Waals surface area contributed by atoms with Crippen LogP contribution in [0.15, 0.2) is 48.5 Å². The number of benzene rings is 2. The van der Waals surface area contributed by atoms with Crippen molar-refractivity contribution in [2.24, 2.45) is 5.92 Å². The zero-order chi connectivity index (χ0) is 33.5. The van der Waals surface area contributed by atoms with Gasteiger partial charge < -0.3 is 35.9 Å². The largest absolute Gasteiger partial charge is 0.465 e. The average Bonchev–Trinajstić information content (AvgIpc) is 3.06. The molecule has 0 radical (unpaired) electrons. The molecule has 1 fully saturated rings. The second kappa shape index (κ2) is 18.3. The van der Waals surface area contributed by atoms with E-state index in [-0.39, 0.29) is 42.6 Å². The highest BCUT2D eigenvalue weighted by molar-refractivity contribution is 6.38. The molecule has 13 nitrogen and oxygen atoms in total. The Balaban J connectivity index is 1.79. The highest BCUT2D eigenvalue weighted by atomic mass is 16.5. The van der Waals surface area contributed by atoms with Crippen LogP contribution >= 0.6 is 0 Å². The third-order valence-corrected chi connectivity index (χ3v) is 7.59. The third-order valence-electron chi connectivity index (χ3n) is 7.59. The minimum absolute atomic E-state index is 0.0304. The lowest BCUT2D eigenvalue weighted by Gasteiger charge is -2.28. The van der Waals surface area contributed by atoms with Crippen LogP contribution in [0.1, 0.15) is 71.7 Å². The molecular weight excluding hydrogens is 596 g/mol. The van der Waals surface area contributed by atoms with Gasteiger partial charge in [-0.05, 0) is 43.0 Å². The molecule has 13 heteroatoms. The Morgan fingerprint density at radius 1 is 0.935 bits per heavy atom. The van der Waals surface area contributed by atoms with Gasteiger partial charge in [0.15, 0.2) is 0 Å². The van der Waals surface area contributed by atoms with E-state index in [2.05, 4.69) is 16.0 Å². The van der Waals surface area contributed by atoms with Gasteiger partial charge in [0, 0.05) is 11.3 Å². The number of nitrogens with two attached hydrogens (primary N) is 1. The quantitative estimate of drug-likeness (QED) is 0.120. The molecular formula is C33H42N4O9.